The van der Waals surface area contributed by atoms with E-state index < -0.39 is 35.4 Å². The van der Waals surface area contributed by atoms with Crippen LogP contribution in [0.1, 0.15) is 108 Å². The molecule has 2 aliphatic heterocycles. The molecular weight excluding hydrogens is 817 g/mol. The van der Waals surface area contributed by atoms with Crippen LogP contribution >= 0.6 is 22.7 Å². The van der Waals surface area contributed by atoms with Gasteiger partial charge in [-0.3, -0.25) is 23.9 Å². The number of likely N-dealkylation sites (tertiary alicyclic amines) is 1. The van der Waals surface area contributed by atoms with E-state index in [1.807, 2.05) is 103 Å². The molecule has 2 aliphatic rings. The Labute approximate surface area is 370 Å². The minimum Gasteiger partial charge on any atom is -0.391 e. The number of aryl methyl sites for hydroxylation is 3. The number of fused-ring (bicyclic) bond motifs is 3. The Balaban J connectivity index is 0.971. The van der Waals surface area contributed by atoms with Crippen LogP contribution in [-0.2, 0) is 9.59 Å². The molecule has 12 nitrogen and oxygen atoms in total. The summed E-state index contributed by atoms with van der Waals surface area (Å²) in [4.78, 5) is 55.3. The zero-order valence-corrected chi connectivity index (χ0v) is 38.1. The molecule has 1 saturated heterocycles. The number of aliphatic hydroxyl groups is 1. The molecule has 320 valence electrons. The van der Waals surface area contributed by atoms with Gasteiger partial charge in [0.05, 0.1) is 33.9 Å². The third-order valence-corrected chi connectivity index (χ3v) is 14.2. The quantitative estimate of drug-likeness (QED) is 0.132. The van der Waals surface area contributed by atoms with Crippen LogP contribution in [-0.4, -0.2) is 77.9 Å². The van der Waals surface area contributed by atoms with Gasteiger partial charge in [-0.1, -0.05) is 75.4 Å². The first-order chi connectivity index (χ1) is 29.5. The number of carbonyl (C=O) groups excluding carboxylic acids is 3. The summed E-state index contributed by atoms with van der Waals surface area (Å²) in [5.74, 6) is 0.455. The normalized spacial score (nSPS) is 18.3. The Kier molecular flexibility index (Phi) is 11.6. The number of thiophene rings is 1. The number of aliphatic imine (C=N–C) groups is 1. The average Bonchev–Trinajstić information content (AvgIpc) is 4.02. The Morgan fingerprint density at radius 3 is 2.26 bits per heavy atom. The highest BCUT2D eigenvalue weighted by atomic mass is 32.1. The van der Waals surface area contributed by atoms with Gasteiger partial charge < -0.3 is 20.6 Å². The maximum atomic E-state index is 14.4. The van der Waals surface area contributed by atoms with E-state index in [-0.39, 0.29) is 31.0 Å². The van der Waals surface area contributed by atoms with Gasteiger partial charge in [-0.2, -0.15) is 0 Å². The summed E-state index contributed by atoms with van der Waals surface area (Å²) in [6.45, 7) is 17.8. The summed E-state index contributed by atoms with van der Waals surface area (Å²) in [7, 11) is 0. The molecule has 8 rings (SSSR count). The predicted octanol–water partition coefficient (Wildman–Crippen LogP) is 8.25. The predicted molar refractivity (Wildman–Crippen MR) is 245 cm³/mol. The number of hydrogen-bond acceptors (Lipinski definition) is 10. The minimum absolute atomic E-state index is 0.0104. The number of aromatic nitrogens is 4. The van der Waals surface area contributed by atoms with Crippen molar-refractivity contribution < 1.29 is 19.5 Å². The number of carbonyl (C=O) groups is 3. The van der Waals surface area contributed by atoms with Crippen LogP contribution in [0.2, 0.25) is 0 Å². The highest BCUT2D eigenvalue weighted by molar-refractivity contribution is 7.15. The van der Waals surface area contributed by atoms with Crippen molar-refractivity contribution in [3.8, 4) is 26.6 Å². The van der Waals surface area contributed by atoms with E-state index in [1.54, 1.807) is 34.8 Å². The van der Waals surface area contributed by atoms with Crippen molar-refractivity contribution in [1.82, 2.24) is 35.3 Å². The van der Waals surface area contributed by atoms with Crippen LogP contribution in [0, 0.1) is 33.1 Å². The first-order valence-electron chi connectivity index (χ1n) is 20.9. The van der Waals surface area contributed by atoms with E-state index in [4.69, 9.17) is 4.99 Å². The number of nitrogens with zero attached hydrogens (tertiary/aromatic N) is 6. The second kappa shape index (κ2) is 16.8. The standard InChI is InChI=1S/C48H52N8O4S2/c1-25-29(5)62-47-39(25)40(50-28(4)43-54-53-30(6)56(43)47)36-12-10-11-35(21-36)32-15-19-34(20-16-32)44(58)52-42(48(7,8)9)46(60)55-23-37(57)22-38(55)45(59)51-26(2)31-13-17-33(18-14-31)41-27(3)49-24-61-41/h10-21,24,26,28,37-38,42,57H,22-23H2,1-9H3,(H,51,59)(H,52,58)/t26?,28-,37+,38-,42?/m0/s1. The topological polar surface area (TPSA) is 155 Å². The van der Waals surface area contributed by atoms with Gasteiger partial charge in [0.25, 0.3) is 5.91 Å². The second-order valence-electron chi connectivity index (χ2n) is 17.5. The first kappa shape index (κ1) is 42.8. The number of aliphatic hydroxyl groups excluding tert-OH is 1. The van der Waals surface area contributed by atoms with E-state index in [0.717, 1.165) is 66.3 Å². The molecule has 3 aromatic carbocycles. The van der Waals surface area contributed by atoms with Crippen molar-refractivity contribution in [2.45, 2.75) is 99.0 Å². The van der Waals surface area contributed by atoms with Crippen molar-refractivity contribution in [1.29, 1.82) is 0 Å². The molecule has 0 radical (unpaired) electrons. The van der Waals surface area contributed by atoms with Gasteiger partial charge in [0, 0.05) is 34.5 Å². The fourth-order valence-electron chi connectivity index (χ4n) is 8.37. The SMILES string of the molecule is Cc1ncsc1-c1ccc(C(C)NC(=O)[C@@H]2C[C@@H](O)CN2C(=O)C(NC(=O)c2ccc(-c3cccc(C4=N[C@@H](C)c5nnc(C)n5-c5sc(C)c(C)c54)c3)cc2)C(C)(C)C)cc1. The summed E-state index contributed by atoms with van der Waals surface area (Å²) in [5.41, 5.74) is 10.5. The summed E-state index contributed by atoms with van der Waals surface area (Å²) in [5, 5.41) is 26.7. The zero-order chi connectivity index (χ0) is 44.2. The monoisotopic (exact) mass is 868 g/mol. The molecule has 1 fully saturated rings. The van der Waals surface area contributed by atoms with Crippen LogP contribution in [0.4, 0.5) is 0 Å². The van der Waals surface area contributed by atoms with Gasteiger partial charge in [0.2, 0.25) is 11.8 Å². The number of nitrogens with one attached hydrogen (secondary N) is 2. The highest BCUT2D eigenvalue weighted by Crippen LogP contribution is 2.39. The van der Waals surface area contributed by atoms with E-state index >= 15 is 0 Å². The third-order valence-electron chi connectivity index (χ3n) is 12.0. The van der Waals surface area contributed by atoms with E-state index in [2.05, 4.69) is 56.4 Å². The lowest BCUT2D eigenvalue weighted by molar-refractivity contribution is -0.142. The van der Waals surface area contributed by atoms with Crippen LogP contribution in [0.3, 0.4) is 0 Å². The van der Waals surface area contributed by atoms with Crippen LogP contribution in [0.15, 0.2) is 83.3 Å². The molecule has 0 aliphatic carbocycles. The Bertz CT molecular complexity index is 2710. The molecular formula is C48H52N8O4S2. The summed E-state index contributed by atoms with van der Waals surface area (Å²) < 4.78 is 2.13. The lowest BCUT2D eigenvalue weighted by Crippen LogP contribution is -2.57. The van der Waals surface area contributed by atoms with Crippen LogP contribution in [0.25, 0.3) is 26.6 Å². The summed E-state index contributed by atoms with van der Waals surface area (Å²) in [6, 6.07) is 21.2. The fraction of sp³-hybridized carbons (Fsp3) is 0.354. The van der Waals surface area contributed by atoms with Crippen LogP contribution < -0.4 is 10.6 Å². The number of β-amino-alcohol motifs (C(OH)–C–C–N with tert-alkyl or cyclic N) is 1. The highest BCUT2D eigenvalue weighted by Gasteiger charge is 2.45. The fourth-order valence-corrected chi connectivity index (χ4v) is 10.4. The Hall–Kier alpha value is -5.83. The molecule has 0 spiro atoms. The van der Waals surface area contributed by atoms with Gasteiger partial charge in [-0.05, 0) is 93.0 Å². The maximum absolute atomic E-state index is 14.4. The van der Waals surface area contributed by atoms with E-state index in [9.17, 15) is 19.5 Å². The number of thiazole rings is 1. The number of benzene rings is 3. The molecule has 0 bridgehead atoms. The van der Waals surface area contributed by atoms with Crippen LogP contribution in [0.5, 0.6) is 0 Å². The number of rotatable bonds is 9. The van der Waals surface area contributed by atoms with Gasteiger partial charge in [-0.25, -0.2) is 4.98 Å². The molecule has 2 unspecified atom stereocenters. The molecule has 62 heavy (non-hydrogen) atoms. The van der Waals surface area contributed by atoms with Gasteiger partial charge >= 0.3 is 0 Å². The summed E-state index contributed by atoms with van der Waals surface area (Å²) in [6.07, 6.45) is -0.776. The Morgan fingerprint density at radius 2 is 1.58 bits per heavy atom. The van der Waals surface area contributed by atoms with E-state index in [0.29, 0.717) is 5.56 Å². The number of amides is 3. The minimum atomic E-state index is -0.971. The van der Waals surface area contributed by atoms with Crippen molar-refractivity contribution in [3.05, 3.63) is 128 Å². The molecule has 3 N–H and O–H groups in total. The molecule has 3 amide bonds. The smallest absolute Gasteiger partial charge is 0.251 e. The molecule has 0 saturated carbocycles. The second-order valence-corrected chi connectivity index (χ2v) is 19.6. The molecule has 5 heterocycles. The number of hydrogen-bond donors (Lipinski definition) is 3. The van der Waals surface area contributed by atoms with Gasteiger partial charge in [-0.15, -0.1) is 32.9 Å². The summed E-state index contributed by atoms with van der Waals surface area (Å²) >= 11 is 3.31. The van der Waals surface area contributed by atoms with Gasteiger partial charge in [0.15, 0.2) is 5.82 Å². The van der Waals surface area contributed by atoms with E-state index in [1.165, 1.54) is 15.3 Å². The lowest BCUT2D eigenvalue weighted by Gasteiger charge is -2.35. The average molecular weight is 869 g/mol. The Morgan fingerprint density at radius 1 is 0.887 bits per heavy atom. The molecule has 6 aromatic rings. The third kappa shape index (κ3) is 8.14. The van der Waals surface area contributed by atoms with Crippen molar-refractivity contribution in [2.24, 2.45) is 10.4 Å². The van der Waals surface area contributed by atoms with Crippen molar-refractivity contribution in [2.75, 3.05) is 6.54 Å². The first-order valence-corrected chi connectivity index (χ1v) is 22.6. The van der Waals surface area contributed by atoms with Crippen molar-refractivity contribution >= 4 is 46.1 Å². The molecule has 14 heteroatoms. The largest absolute Gasteiger partial charge is 0.391 e. The molecule has 3 aromatic heterocycles. The lowest BCUT2D eigenvalue weighted by atomic mass is 9.85. The van der Waals surface area contributed by atoms with Gasteiger partial charge in [0.1, 0.15) is 29.0 Å². The zero-order valence-electron chi connectivity index (χ0n) is 36.5. The molecule has 5 atom stereocenters. The van der Waals surface area contributed by atoms with Crippen molar-refractivity contribution in [3.63, 3.8) is 0 Å². The maximum Gasteiger partial charge on any atom is 0.251 e.